The molecule has 1 N–H and O–H groups in total. The Morgan fingerprint density at radius 3 is 2.78 bits per heavy atom. The number of anilines is 1. The Balaban J connectivity index is 1.87. The fourth-order valence-corrected chi connectivity index (χ4v) is 2.62. The summed E-state index contributed by atoms with van der Waals surface area (Å²) in [7, 11) is 0. The molecule has 92 valence electrons. The van der Waals surface area contributed by atoms with Crippen LogP contribution in [0, 0.1) is 5.82 Å². The second kappa shape index (κ2) is 4.17. The number of aromatic nitrogens is 1. The zero-order valence-electron chi connectivity index (χ0n) is 9.52. The van der Waals surface area contributed by atoms with Gasteiger partial charge in [-0.2, -0.15) is 0 Å². The lowest BCUT2D eigenvalue weighted by molar-refractivity contribution is -0.118. The predicted octanol–water partition coefficient (Wildman–Crippen LogP) is 2.95. The van der Waals surface area contributed by atoms with Crippen LogP contribution >= 0.6 is 11.3 Å². The molecule has 1 aromatic carbocycles. The van der Waals surface area contributed by atoms with Crippen molar-refractivity contribution in [1.82, 2.24) is 4.98 Å². The highest BCUT2D eigenvalue weighted by Crippen LogP contribution is 2.49. The van der Waals surface area contributed by atoms with Gasteiger partial charge in [-0.15, -0.1) is 11.3 Å². The minimum atomic E-state index is -0.697. The summed E-state index contributed by atoms with van der Waals surface area (Å²) in [4.78, 5) is 16.2. The highest BCUT2D eigenvalue weighted by Gasteiger charge is 2.52. The van der Waals surface area contributed by atoms with Crippen LogP contribution in [0.2, 0.25) is 0 Å². The van der Waals surface area contributed by atoms with Crippen molar-refractivity contribution in [2.24, 2.45) is 0 Å². The molecule has 1 aliphatic carbocycles. The van der Waals surface area contributed by atoms with E-state index in [2.05, 4.69) is 10.3 Å². The first-order valence-corrected chi connectivity index (χ1v) is 6.56. The maximum absolute atomic E-state index is 13.8. The van der Waals surface area contributed by atoms with Gasteiger partial charge in [-0.1, -0.05) is 18.2 Å². The van der Waals surface area contributed by atoms with Gasteiger partial charge >= 0.3 is 0 Å². The van der Waals surface area contributed by atoms with E-state index < -0.39 is 5.41 Å². The van der Waals surface area contributed by atoms with Crippen LogP contribution in [0.25, 0.3) is 0 Å². The molecular weight excluding hydrogens is 251 g/mol. The number of thiazole rings is 1. The molecule has 1 heterocycles. The molecule has 1 amide bonds. The van der Waals surface area contributed by atoms with Gasteiger partial charge in [0.2, 0.25) is 5.91 Å². The molecule has 18 heavy (non-hydrogen) atoms. The second-order valence-electron chi connectivity index (χ2n) is 4.35. The number of hydrogen-bond donors (Lipinski definition) is 1. The van der Waals surface area contributed by atoms with Crippen LogP contribution in [0.5, 0.6) is 0 Å². The van der Waals surface area contributed by atoms with E-state index in [0.29, 0.717) is 23.5 Å². The van der Waals surface area contributed by atoms with Gasteiger partial charge in [0.15, 0.2) is 5.13 Å². The summed E-state index contributed by atoms with van der Waals surface area (Å²) in [5, 5.41) is 5.10. The zero-order chi connectivity index (χ0) is 12.6. The summed E-state index contributed by atoms with van der Waals surface area (Å²) in [6.07, 6.45) is 3.00. The molecule has 2 aromatic rings. The van der Waals surface area contributed by atoms with E-state index in [4.69, 9.17) is 0 Å². The number of carbonyl (C=O) groups is 1. The Kier molecular flexibility index (Phi) is 2.63. The van der Waals surface area contributed by atoms with Crippen molar-refractivity contribution in [1.29, 1.82) is 0 Å². The maximum Gasteiger partial charge on any atom is 0.236 e. The van der Waals surface area contributed by atoms with Gasteiger partial charge in [-0.25, -0.2) is 9.37 Å². The lowest BCUT2D eigenvalue weighted by Gasteiger charge is -2.15. The average Bonchev–Trinajstić information content (AvgIpc) is 3.02. The van der Waals surface area contributed by atoms with Crippen LogP contribution in [0.1, 0.15) is 18.4 Å². The number of benzene rings is 1. The summed E-state index contributed by atoms with van der Waals surface area (Å²) < 4.78 is 13.8. The predicted molar refractivity (Wildman–Crippen MR) is 68.1 cm³/mol. The largest absolute Gasteiger partial charge is 0.301 e. The summed E-state index contributed by atoms with van der Waals surface area (Å²) in [6.45, 7) is 0. The Morgan fingerprint density at radius 2 is 2.17 bits per heavy atom. The minimum absolute atomic E-state index is 0.164. The quantitative estimate of drug-likeness (QED) is 0.924. The topological polar surface area (TPSA) is 42.0 Å². The molecule has 0 bridgehead atoms. The highest BCUT2D eigenvalue weighted by atomic mass is 32.1. The first kappa shape index (κ1) is 11.3. The van der Waals surface area contributed by atoms with E-state index in [1.165, 1.54) is 17.4 Å². The van der Waals surface area contributed by atoms with Crippen molar-refractivity contribution in [3.63, 3.8) is 0 Å². The standard InChI is InChI=1S/C13H11FN2OS/c14-10-4-2-1-3-9(10)13(5-6-13)11(17)16-12-15-7-8-18-12/h1-4,7-8H,5-6H2,(H,15,16,17). The number of nitrogens with zero attached hydrogens (tertiary/aromatic N) is 1. The third-order valence-corrected chi connectivity index (χ3v) is 3.92. The molecule has 1 saturated carbocycles. The van der Waals surface area contributed by atoms with Crippen molar-refractivity contribution >= 4 is 22.4 Å². The van der Waals surface area contributed by atoms with Crippen molar-refractivity contribution in [3.8, 4) is 0 Å². The summed E-state index contributed by atoms with van der Waals surface area (Å²) in [5.41, 5.74) is -0.212. The molecule has 1 fully saturated rings. The van der Waals surface area contributed by atoms with E-state index in [1.807, 2.05) is 0 Å². The second-order valence-corrected chi connectivity index (χ2v) is 5.25. The van der Waals surface area contributed by atoms with Crippen LogP contribution in [-0.2, 0) is 10.2 Å². The Labute approximate surface area is 108 Å². The molecule has 1 aliphatic rings. The van der Waals surface area contributed by atoms with Gasteiger partial charge in [0.05, 0.1) is 5.41 Å². The van der Waals surface area contributed by atoms with E-state index >= 15 is 0 Å². The minimum Gasteiger partial charge on any atom is -0.301 e. The van der Waals surface area contributed by atoms with E-state index in [-0.39, 0.29) is 11.7 Å². The van der Waals surface area contributed by atoms with Gasteiger partial charge in [-0.3, -0.25) is 4.79 Å². The molecule has 0 aliphatic heterocycles. The number of carbonyl (C=O) groups excluding carboxylic acids is 1. The number of rotatable bonds is 3. The van der Waals surface area contributed by atoms with Gasteiger partial charge < -0.3 is 5.32 Å². The molecule has 0 spiro atoms. The van der Waals surface area contributed by atoms with Crippen LogP contribution in [0.15, 0.2) is 35.8 Å². The van der Waals surface area contributed by atoms with Crippen LogP contribution in [0.3, 0.4) is 0 Å². The van der Waals surface area contributed by atoms with Gasteiger partial charge in [0.1, 0.15) is 5.82 Å². The number of amides is 1. The van der Waals surface area contributed by atoms with Gasteiger partial charge in [0.25, 0.3) is 0 Å². The molecule has 5 heteroatoms. The Morgan fingerprint density at radius 1 is 1.39 bits per heavy atom. The molecule has 1 aromatic heterocycles. The van der Waals surface area contributed by atoms with E-state index in [1.54, 1.807) is 29.8 Å². The highest BCUT2D eigenvalue weighted by molar-refractivity contribution is 7.13. The van der Waals surface area contributed by atoms with Crippen molar-refractivity contribution in [3.05, 3.63) is 47.2 Å². The number of halogens is 1. The SMILES string of the molecule is O=C(Nc1nccs1)C1(c2ccccc2F)CC1. The fraction of sp³-hybridized carbons (Fsp3) is 0.231. The molecule has 3 nitrogen and oxygen atoms in total. The maximum atomic E-state index is 13.8. The van der Waals surface area contributed by atoms with Crippen molar-refractivity contribution in [2.45, 2.75) is 18.3 Å². The van der Waals surface area contributed by atoms with E-state index in [9.17, 15) is 9.18 Å². The smallest absolute Gasteiger partial charge is 0.236 e. The van der Waals surface area contributed by atoms with Gasteiger partial charge in [0, 0.05) is 17.1 Å². The average molecular weight is 262 g/mol. The van der Waals surface area contributed by atoms with Crippen LogP contribution in [-0.4, -0.2) is 10.9 Å². The molecule has 0 atom stereocenters. The monoisotopic (exact) mass is 262 g/mol. The van der Waals surface area contributed by atoms with E-state index in [0.717, 1.165) is 0 Å². The third kappa shape index (κ3) is 1.80. The van der Waals surface area contributed by atoms with Crippen LogP contribution in [0.4, 0.5) is 9.52 Å². The molecule has 3 rings (SSSR count). The van der Waals surface area contributed by atoms with Crippen molar-refractivity contribution < 1.29 is 9.18 Å². The Hall–Kier alpha value is -1.75. The zero-order valence-corrected chi connectivity index (χ0v) is 10.3. The third-order valence-electron chi connectivity index (χ3n) is 3.23. The molecular formula is C13H11FN2OS. The first-order chi connectivity index (χ1) is 8.72. The molecule has 0 unspecified atom stereocenters. The summed E-state index contributed by atoms with van der Waals surface area (Å²) >= 11 is 1.36. The number of nitrogens with one attached hydrogen (secondary N) is 1. The summed E-state index contributed by atoms with van der Waals surface area (Å²) in [6, 6.07) is 6.47. The summed E-state index contributed by atoms with van der Waals surface area (Å²) in [5.74, 6) is -0.480. The van der Waals surface area contributed by atoms with Crippen molar-refractivity contribution in [2.75, 3.05) is 5.32 Å². The molecule has 0 radical (unpaired) electrons. The lowest BCUT2D eigenvalue weighted by atomic mass is 9.94. The Bertz CT molecular complexity index is 578. The lowest BCUT2D eigenvalue weighted by Crippen LogP contribution is -2.28. The van der Waals surface area contributed by atoms with Crippen LogP contribution < -0.4 is 5.32 Å². The first-order valence-electron chi connectivity index (χ1n) is 5.68. The fourth-order valence-electron chi connectivity index (χ4n) is 2.09. The number of hydrogen-bond acceptors (Lipinski definition) is 3. The normalized spacial score (nSPS) is 16.3. The van der Waals surface area contributed by atoms with Gasteiger partial charge in [-0.05, 0) is 18.9 Å². The molecule has 0 saturated heterocycles.